The van der Waals surface area contributed by atoms with Gasteiger partial charge in [0.2, 0.25) is 0 Å². The molecule has 0 saturated heterocycles. The predicted molar refractivity (Wildman–Crippen MR) is 80.6 cm³/mol. The van der Waals surface area contributed by atoms with Crippen molar-refractivity contribution in [2.24, 2.45) is 0 Å². The summed E-state index contributed by atoms with van der Waals surface area (Å²) in [4.78, 5) is 0.0775. The summed E-state index contributed by atoms with van der Waals surface area (Å²) >= 11 is 3.07. The van der Waals surface area contributed by atoms with E-state index in [0.717, 1.165) is 0 Å². The van der Waals surface area contributed by atoms with Crippen LogP contribution in [-0.2, 0) is 15.6 Å². The van der Waals surface area contributed by atoms with Crippen LogP contribution < -0.4 is 5.73 Å². The van der Waals surface area contributed by atoms with Gasteiger partial charge in [-0.3, -0.25) is 0 Å². The van der Waals surface area contributed by atoms with Gasteiger partial charge in [-0.2, -0.15) is 0 Å². The zero-order valence-corrected chi connectivity index (χ0v) is 13.1. The molecule has 6 heteroatoms. The number of hydrogen-bond acceptors (Lipinski definition) is 3. The summed E-state index contributed by atoms with van der Waals surface area (Å²) in [7, 11) is -3.63. The summed E-state index contributed by atoms with van der Waals surface area (Å²) in [6.07, 6.45) is 0. The number of aryl methyl sites for hydroxylation is 1. The van der Waals surface area contributed by atoms with Crippen LogP contribution in [0.25, 0.3) is 0 Å². The molecule has 0 bridgehead atoms. The molecular formula is C14H13BrFNO2S. The van der Waals surface area contributed by atoms with Crippen molar-refractivity contribution >= 4 is 31.5 Å². The fraction of sp³-hybridized carbons (Fsp3) is 0.143. The molecule has 0 unspecified atom stereocenters. The minimum atomic E-state index is -3.63. The molecule has 0 aliphatic rings. The summed E-state index contributed by atoms with van der Waals surface area (Å²) in [5.41, 5.74) is 7.13. The predicted octanol–water partition coefficient (Wildman–Crippen LogP) is 3.45. The molecule has 3 nitrogen and oxygen atoms in total. The first-order chi connectivity index (χ1) is 9.33. The highest BCUT2D eigenvalue weighted by Gasteiger charge is 2.21. The number of benzene rings is 2. The molecule has 2 aromatic carbocycles. The molecule has 0 amide bonds. The molecule has 0 aliphatic carbocycles. The van der Waals surface area contributed by atoms with Gasteiger partial charge in [0.15, 0.2) is 9.84 Å². The SMILES string of the molecule is Cc1cccc(S(=O)(=O)Cc2cccc(F)c2Br)c1N. The van der Waals surface area contributed by atoms with Crippen molar-refractivity contribution in [2.45, 2.75) is 17.6 Å². The van der Waals surface area contributed by atoms with Gasteiger partial charge in [0.05, 0.1) is 20.8 Å². The summed E-state index contributed by atoms with van der Waals surface area (Å²) in [5, 5.41) is 0. The summed E-state index contributed by atoms with van der Waals surface area (Å²) in [5.74, 6) is -0.797. The number of nitrogen functional groups attached to an aromatic ring is 1. The third-order valence-corrected chi connectivity index (χ3v) is 5.60. The molecule has 0 saturated carbocycles. The Kier molecular flexibility index (Phi) is 4.15. The monoisotopic (exact) mass is 357 g/mol. The Balaban J connectivity index is 2.47. The molecule has 0 aromatic heterocycles. The van der Waals surface area contributed by atoms with Gasteiger partial charge in [0.1, 0.15) is 5.82 Å². The Bertz CT molecular complexity index is 760. The van der Waals surface area contributed by atoms with Gasteiger partial charge in [-0.25, -0.2) is 12.8 Å². The maximum absolute atomic E-state index is 13.4. The Morgan fingerprint density at radius 2 is 1.85 bits per heavy atom. The average Bonchev–Trinajstić information content (AvgIpc) is 2.38. The smallest absolute Gasteiger partial charge is 0.184 e. The summed E-state index contributed by atoms with van der Waals surface area (Å²) in [6, 6.07) is 9.15. The van der Waals surface area contributed by atoms with Crippen LogP contribution in [0.15, 0.2) is 45.8 Å². The molecule has 106 valence electrons. The van der Waals surface area contributed by atoms with E-state index in [2.05, 4.69) is 15.9 Å². The lowest BCUT2D eigenvalue weighted by atomic mass is 10.2. The molecule has 0 radical (unpaired) electrons. The highest BCUT2D eigenvalue weighted by molar-refractivity contribution is 9.10. The van der Waals surface area contributed by atoms with E-state index in [0.29, 0.717) is 11.1 Å². The highest BCUT2D eigenvalue weighted by atomic mass is 79.9. The third-order valence-electron chi connectivity index (χ3n) is 3.00. The van der Waals surface area contributed by atoms with E-state index in [9.17, 15) is 12.8 Å². The van der Waals surface area contributed by atoms with Gasteiger partial charge >= 0.3 is 0 Å². The number of halogens is 2. The fourth-order valence-electron chi connectivity index (χ4n) is 1.87. The van der Waals surface area contributed by atoms with Gasteiger partial charge in [0, 0.05) is 0 Å². The average molecular weight is 358 g/mol. The number of nitrogens with two attached hydrogens (primary N) is 1. The second kappa shape index (κ2) is 5.54. The maximum atomic E-state index is 13.4. The quantitative estimate of drug-likeness (QED) is 0.855. The van der Waals surface area contributed by atoms with Gasteiger partial charge in [-0.1, -0.05) is 24.3 Å². The second-order valence-electron chi connectivity index (χ2n) is 4.46. The molecule has 0 aliphatic heterocycles. The Morgan fingerprint density at radius 3 is 2.55 bits per heavy atom. The third kappa shape index (κ3) is 2.86. The van der Waals surface area contributed by atoms with Crippen molar-refractivity contribution in [1.29, 1.82) is 0 Å². The van der Waals surface area contributed by atoms with Gasteiger partial charge in [-0.05, 0) is 46.1 Å². The van der Waals surface area contributed by atoms with Crippen LogP contribution in [-0.4, -0.2) is 8.42 Å². The maximum Gasteiger partial charge on any atom is 0.184 e. The fourth-order valence-corrected chi connectivity index (χ4v) is 4.04. The van der Waals surface area contributed by atoms with Crippen LogP contribution in [0, 0.1) is 12.7 Å². The van der Waals surface area contributed by atoms with Crippen LogP contribution in [0.4, 0.5) is 10.1 Å². The highest BCUT2D eigenvalue weighted by Crippen LogP contribution is 2.28. The molecule has 0 spiro atoms. The van der Waals surface area contributed by atoms with E-state index >= 15 is 0 Å². The zero-order chi connectivity index (χ0) is 14.9. The van der Waals surface area contributed by atoms with E-state index in [1.54, 1.807) is 25.1 Å². The zero-order valence-electron chi connectivity index (χ0n) is 10.7. The molecule has 2 rings (SSSR count). The lowest BCUT2D eigenvalue weighted by Gasteiger charge is -2.10. The molecule has 2 aromatic rings. The van der Waals surface area contributed by atoms with E-state index in [-0.39, 0.29) is 20.8 Å². The van der Waals surface area contributed by atoms with Crippen LogP contribution in [0.1, 0.15) is 11.1 Å². The molecule has 0 atom stereocenters. The number of anilines is 1. The molecular weight excluding hydrogens is 345 g/mol. The second-order valence-corrected chi connectivity index (χ2v) is 7.21. The number of rotatable bonds is 3. The van der Waals surface area contributed by atoms with Crippen LogP contribution in [0.3, 0.4) is 0 Å². The molecule has 20 heavy (non-hydrogen) atoms. The Hall–Kier alpha value is -1.40. The molecule has 0 fully saturated rings. The van der Waals surface area contributed by atoms with Crippen molar-refractivity contribution in [3.8, 4) is 0 Å². The lowest BCUT2D eigenvalue weighted by Crippen LogP contribution is -2.09. The first kappa shape index (κ1) is 15.0. The van der Waals surface area contributed by atoms with Crippen molar-refractivity contribution in [3.05, 3.63) is 57.8 Å². The lowest BCUT2D eigenvalue weighted by molar-refractivity contribution is 0.594. The van der Waals surface area contributed by atoms with Crippen molar-refractivity contribution in [2.75, 3.05) is 5.73 Å². The van der Waals surface area contributed by atoms with Gasteiger partial charge in [-0.15, -0.1) is 0 Å². The van der Waals surface area contributed by atoms with E-state index in [4.69, 9.17) is 5.73 Å². The van der Waals surface area contributed by atoms with Crippen molar-refractivity contribution in [1.82, 2.24) is 0 Å². The minimum absolute atomic E-state index is 0.0775. The summed E-state index contributed by atoms with van der Waals surface area (Å²) in [6.45, 7) is 1.74. The van der Waals surface area contributed by atoms with Crippen LogP contribution >= 0.6 is 15.9 Å². The van der Waals surface area contributed by atoms with Gasteiger partial charge < -0.3 is 5.73 Å². The normalized spacial score (nSPS) is 11.6. The number of para-hydroxylation sites is 1. The standard InChI is InChI=1S/C14H13BrFNO2S/c1-9-4-2-7-12(14(9)17)20(18,19)8-10-5-3-6-11(16)13(10)15/h2-7H,8,17H2,1H3. The number of sulfone groups is 1. The topological polar surface area (TPSA) is 60.2 Å². The van der Waals surface area contributed by atoms with Crippen LogP contribution in [0.5, 0.6) is 0 Å². The van der Waals surface area contributed by atoms with Crippen molar-refractivity contribution in [3.63, 3.8) is 0 Å². The van der Waals surface area contributed by atoms with E-state index in [1.165, 1.54) is 18.2 Å². The minimum Gasteiger partial charge on any atom is -0.397 e. The first-order valence-electron chi connectivity index (χ1n) is 5.83. The van der Waals surface area contributed by atoms with Crippen molar-refractivity contribution < 1.29 is 12.8 Å². The van der Waals surface area contributed by atoms with Gasteiger partial charge in [0.25, 0.3) is 0 Å². The number of hydrogen-bond donors (Lipinski definition) is 1. The van der Waals surface area contributed by atoms with E-state index in [1.807, 2.05) is 0 Å². The van der Waals surface area contributed by atoms with E-state index < -0.39 is 15.7 Å². The largest absolute Gasteiger partial charge is 0.397 e. The molecule has 0 heterocycles. The first-order valence-corrected chi connectivity index (χ1v) is 8.28. The molecule has 2 N–H and O–H groups in total. The summed E-state index contributed by atoms with van der Waals surface area (Å²) < 4.78 is 38.4. The Morgan fingerprint density at radius 1 is 1.20 bits per heavy atom. The Labute approximate surface area is 125 Å². The van der Waals surface area contributed by atoms with Crippen LogP contribution in [0.2, 0.25) is 0 Å².